The summed E-state index contributed by atoms with van der Waals surface area (Å²) in [5, 5.41) is 2.50. The van der Waals surface area contributed by atoms with E-state index >= 15 is 0 Å². The van der Waals surface area contributed by atoms with Crippen LogP contribution in [0.2, 0.25) is 0 Å². The summed E-state index contributed by atoms with van der Waals surface area (Å²) >= 11 is 0. The Morgan fingerprint density at radius 3 is 2.73 bits per heavy atom. The molecule has 0 saturated carbocycles. The third-order valence-electron chi connectivity index (χ3n) is 4.15. The number of benzene rings is 1. The van der Waals surface area contributed by atoms with E-state index in [-0.39, 0.29) is 17.8 Å². The number of aromatic nitrogens is 2. The first-order valence-electron chi connectivity index (χ1n) is 8.56. The predicted octanol–water partition coefficient (Wildman–Crippen LogP) is 1.42. The second-order valence-electron chi connectivity index (χ2n) is 5.95. The Labute approximate surface area is 150 Å². The molecule has 1 N–H and O–H groups in total. The van der Waals surface area contributed by atoms with E-state index in [1.54, 1.807) is 12.1 Å². The molecule has 1 aromatic heterocycles. The van der Waals surface area contributed by atoms with Gasteiger partial charge in [-0.05, 0) is 18.6 Å². The van der Waals surface area contributed by atoms with Crippen molar-refractivity contribution >= 4 is 17.5 Å². The van der Waals surface area contributed by atoms with Crippen LogP contribution in [0.5, 0.6) is 0 Å². The number of morpholine rings is 1. The first kappa shape index (κ1) is 18.1. The quantitative estimate of drug-likeness (QED) is 0.873. The Morgan fingerprint density at radius 1 is 1.31 bits per heavy atom. The molecular formula is C18H21FN4O3. The largest absolute Gasteiger partial charge is 0.378 e. The highest BCUT2D eigenvalue weighted by Gasteiger charge is 2.20. The van der Waals surface area contributed by atoms with Crippen molar-refractivity contribution in [1.29, 1.82) is 0 Å². The molecule has 1 fully saturated rings. The molecule has 3 rings (SSSR count). The average Bonchev–Trinajstić information content (AvgIpc) is 2.65. The summed E-state index contributed by atoms with van der Waals surface area (Å²) in [5.41, 5.74) is 0.445. The van der Waals surface area contributed by atoms with E-state index in [0.717, 1.165) is 0 Å². The van der Waals surface area contributed by atoms with E-state index in [9.17, 15) is 14.0 Å². The highest BCUT2D eigenvalue weighted by atomic mass is 19.1. The summed E-state index contributed by atoms with van der Waals surface area (Å²) in [6, 6.07) is 7.33. The van der Waals surface area contributed by atoms with E-state index in [2.05, 4.69) is 10.3 Å². The molecule has 0 radical (unpaired) electrons. The molecule has 0 aliphatic carbocycles. The molecule has 0 atom stereocenters. The van der Waals surface area contributed by atoms with E-state index in [0.29, 0.717) is 44.4 Å². The van der Waals surface area contributed by atoms with E-state index < -0.39 is 11.7 Å². The molecule has 138 valence electrons. The fraction of sp³-hybridized carbons (Fsp3) is 0.389. The topological polar surface area (TPSA) is 76.5 Å². The van der Waals surface area contributed by atoms with Gasteiger partial charge in [0.05, 0.1) is 18.9 Å². The van der Waals surface area contributed by atoms with Crippen LogP contribution >= 0.6 is 0 Å². The van der Waals surface area contributed by atoms with Gasteiger partial charge >= 0.3 is 0 Å². The smallest absolute Gasteiger partial charge is 0.255 e. The van der Waals surface area contributed by atoms with Crippen LogP contribution in [0.4, 0.5) is 16.0 Å². The predicted molar refractivity (Wildman–Crippen MR) is 95.9 cm³/mol. The number of carbonyl (C=O) groups is 1. The van der Waals surface area contributed by atoms with E-state index in [4.69, 9.17) is 4.74 Å². The number of anilines is 2. The minimum atomic E-state index is -0.527. The number of nitrogens with one attached hydrogen (secondary N) is 1. The Hall–Kier alpha value is -2.74. The van der Waals surface area contributed by atoms with Crippen molar-refractivity contribution in [1.82, 2.24) is 9.55 Å². The van der Waals surface area contributed by atoms with Gasteiger partial charge in [0.2, 0.25) is 11.9 Å². The molecule has 0 unspecified atom stereocenters. The Kier molecular flexibility index (Phi) is 5.62. The molecule has 1 saturated heterocycles. The number of carbonyl (C=O) groups excluding carboxylic acids is 1. The number of para-hydroxylation sites is 1. The van der Waals surface area contributed by atoms with Gasteiger partial charge in [0.25, 0.3) is 5.56 Å². The highest BCUT2D eigenvalue weighted by Crippen LogP contribution is 2.15. The van der Waals surface area contributed by atoms with Crippen molar-refractivity contribution < 1.29 is 13.9 Å². The molecule has 0 bridgehead atoms. The number of aryl methyl sites for hydroxylation is 1. The molecule has 1 aromatic carbocycles. The molecule has 7 nitrogen and oxygen atoms in total. The first-order valence-corrected chi connectivity index (χ1v) is 8.56. The molecule has 0 spiro atoms. The van der Waals surface area contributed by atoms with Crippen molar-refractivity contribution in [3.63, 3.8) is 0 Å². The third kappa shape index (κ3) is 4.08. The lowest BCUT2D eigenvalue weighted by Gasteiger charge is -2.29. The van der Waals surface area contributed by atoms with Crippen LogP contribution in [-0.2, 0) is 22.5 Å². The first-order chi connectivity index (χ1) is 12.6. The molecule has 2 aromatic rings. The monoisotopic (exact) mass is 360 g/mol. The second-order valence-corrected chi connectivity index (χ2v) is 5.95. The summed E-state index contributed by atoms with van der Waals surface area (Å²) in [5.74, 6) is -0.569. The molecule has 1 amide bonds. The number of hydrogen-bond donors (Lipinski definition) is 1. The summed E-state index contributed by atoms with van der Waals surface area (Å²) < 4.78 is 20.4. The van der Waals surface area contributed by atoms with Gasteiger partial charge in [0, 0.05) is 24.8 Å². The molecule has 8 heteroatoms. The fourth-order valence-corrected chi connectivity index (χ4v) is 2.77. The SMILES string of the molecule is CCc1cc(=O)n(CC(=O)Nc2ccccc2F)c(N2CCOCC2)n1. The lowest BCUT2D eigenvalue weighted by atomic mass is 10.3. The zero-order chi connectivity index (χ0) is 18.5. The molecule has 2 heterocycles. The van der Waals surface area contributed by atoms with Gasteiger partial charge in [0.1, 0.15) is 12.4 Å². The minimum absolute atomic E-state index is 0.0802. The van der Waals surface area contributed by atoms with Gasteiger partial charge in [-0.3, -0.25) is 14.2 Å². The zero-order valence-electron chi connectivity index (χ0n) is 14.6. The van der Waals surface area contributed by atoms with Crippen LogP contribution in [0.15, 0.2) is 35.1 Å². The van der Waals surface area contributed by atoms with Crippen molar-refractivity contribution in [2.75, 3.05) is 36.5 Å². The number of ether oxygens (including phenoxy) is 1. The van der Waals surface area contributed by atoms with Crippen LogP contribution in [0.1, 0.15) is 12.6 Å². The van der Waals surface area contributed by atoms with Gasteiger partial charge < -0.3 is 15.0 Å². The molecule has 26 heavy (non-hydrogen) atoms. The van der Waals surface area contributed by atoms with Gasteiger partial charge in [-0.2, -0.15) is 0 Å². The summed E-state index contributed by atoms with van der Waals surface area (Å²) in [4.78, 5) is 31.4. The molecule has 1 aliphatic rings. The second kappa shape index (κ2) is 8.09. The van der Waals surface area contributed by atoms with Crippen molar-refractivity contribution in [2.45, 2.75) is 19.9 Å². The summed E-state index contributed by atoms with van der Waals surface area (Å²) in [6.07, 6.45) is 0.620. The van der Waals surface area contributed by atoms with Crippen molar-refractivity contribution in [2.24, 2.45) is 0 Å². The van der Waals surface area contributed by atoms with Crippen LogP contribution in [0.3, 0.4) is 0 Å². The lowest BCUT2D eigenvalue weighted by Crippen LogP contribution is -2.42. The number of amides is 1. The van der Waals surface area contributed by atoms with Gasteiger partial charge in [-0.25, -0.2) is 9.37 Å². The zero-order valence-corrected chi connectivity index (χ0v) is 14.6. The minimum Gasteiger partial charge on any atom is -0.378 e. The standard InChI is InChI=1S/C18H21FN4O3/c1-2-13-11-17(25)23(18(20-13)22-7-9-26-10-8-22)12-16(24)21-15-6-4-3-5-14(15)19/h3-6,11H,2,7-10,12H2,1H3,(H,21,24). The van der Waals surface area contributed by atoms with Crippen LogP contribution in [0, 0.1) is 5.82 Å². The highest BCUT2D eigenvalue weighted by molar-refractivity contribution is 5.90. The Balaban J connectivity index is 1.87. The van der Waals surface area contributed by atoms with Crippen molar-refractivity contribution in [3.05, 3.63) is 52.2 Å². The Bertz CT molecular complexity index is 847. The molecular weight excluding hydrogens is 339 g/mol. The third-order valence-corrected chi connectivity index (χ3v) is 4.15. The van der Waals surface area contributed by atoms with Gasteiger partial charge in [0.15, 0.2) is 0 Å². The number of nitrogens with zero attached hydrogens (tertiary/aromatic N) is 3. The van der Waals surface area contributed by atoms with Crippen LogP contribution < -0.4 is 15.8 Å². The average molecular weight is 360 g/mol. The Morgan fingerprint density at radius 2 is 2.04 bits per heavy atom. The maximum absolute atomic E-state index is 13.7. The van der Waals surface area contributed by atoms with Gasteiger partial charge in [-0.1, -0.05) is 19.1 Å². The fourth-order valence-electron chi connectivity index (χ4n) is 2.77. The lowest BCUT2D eigenvalue weighted by molar-refractivity contribution is -0.116. The summed E-state index contributed by atoms with van der Waals surface area (Å²) in [7, 11) is 0. The van der Waals surface area contributed by atoms with Gasteiger partial charge in [-0.15, -0.1) is 0 Å². The normalized spacial score (nSPS) is 14.3. The molecule has 1 aliphatic heterocycles. The number of halogens is 1. The number of hydrogen-bond acceptors (Lipinski definition) is 5. The van der Waals surface area contributed by atoms with Crippen molar-refractivity contribution in [3.8, 4) is 0 Å². The maximum Gasteiger partial charge on any atom is 0.255 e. The van der Waals surface area contributed by atoms with E-state index in [1.165, 1.54) is 22.8 Å². The van der Waals surface area contributed by atoms with Crippen LogP contribution in [0.25, 0.3) is 0 Å². The number of rotatable bonds is 5. The summed E-state index contributed by atoms with van der Waals surface area (Å²) in [6.45, 7) is 3.93. The van der Waals surface area contributed by atoms with E-state index in [1.807, 2.05) is 11.8 Å². The maximum atomic E-state index is 13.7. The van der Waals surface area contributed by atoms with Crippen LogP contribution in [-0.4, -0.2) is 41.8 Å².